The van der Waals surface area contributed by atoms with Gasteiger partial charge in [-0.1, -0.05) is 11.6 Å². The first-order chi connectivity index (χ1) is 7.58. The Labute approximate surface area is 100.0 Å². The number of nitrogen functional groups attached to an aromatic ring is 1. The second-order valence-electron chi connectivity index (χ2n) is 4.34. The van der Waals surface area contributed by atoms with E-state index in [0.29, 0.717) is 22.2 Å². The lowest BCUT2D eigenvalue weighted by Gasteiger charge is -2.13. The maximum Gasteiger partial charge on any atom is 0.251 e. The number of nitrogens with two attached hydrogens (primary N) is 1. The number of benzene rings is 1. The zero-order chi connectivity index (χ0) is 11.7. The molecule has 1 atom stereocenters. The van der Waals surface area contributed by atoms with Crippen LogP contribution in [0.4, 0.5) is 5.69 Å². The van der Waals surface area contributed by atoms with Gasteiger partial charge < -0.3 is 11.1 Å². The van der Waals surface area contributed by atoms with Crippen LogP contribution in [0.15, 0.2) is 18.2 Å². The average Bonchev–Trinajstić information content (AvgIpc) is 3.05. The van der Waals surface area contributed by atoms with E-state index in [1.54, 1.807) is 18.2 Å². The molecule has 16 heavy (non-hydrogen) atoms. The molecule has 0 radical (unpaired) electrons. The van der Waals surface area contributed by atoms with Crippen molar-refractivity contribution in [3.8, 4) is 0 Å². The summed E-state index contributed by atoms with van der Waals surface area (Å²) in [6.07, 6.45) is 2.42. The summed E-state index contributed by atoms with van der Waals surface area (Å²) >= 11 is 5.86. The fourth-order valence-electron chi connectivity index (χ4n) is 1.67. The minimum Gasteiger partial charge on any atom is -0.398 e. The summed E-state index contributed by atoms with van der Waals surface area (Å²) in [6, 6.07) is 5.19. The van der Waals surface area contributed by atoms with Crippen molar-refractivity contribution in [1.29, 1.82) is 0 Å². The third-order valence-corrected chi connectivity index (χ3v) is 3.28. The van der Waals surface area contributed by atoms with Gasteiger partial charge in [-0.25, -0.2) is 0 Å². The second kappa shape index (κ2) is 4.34. The highest BCUT2D eigenvalue weighted by Gasteiger charge is 2.29. The Hall–Kier alpha value is -1.22. The van der Waals surface area contributed by atoms with Crippen LogP contribution in [0.1, 0.15) is 30.1 Å². The van der Waals surface area contributed by atoms with Gasteiger partial charge in [0.15, 0.2) is 0 Å². The van der Waals surface area contributed by atoms with Crippen molar-refractivity contribution in [1.82, 2.24) is 5.32 Å². The first-order valence-corrected chi connectivity index (χ1v) is 5.81. The molecule has 1 amide bonds. The number of amides is 1. The molecule has 1 unspecified atom stereocenters. The predicted octanol–water partition coefficient (Wildman–Crippen LogP) is 2.45. The van der Waals surface area contributed by atoms with Gasteiger partial charge in [-0.05, 0) is 43.9 Å². The van der Waals surface area contributed by atoms with E-state index in [2.05, 4.69) is 5.32 Å². The summed E-state index contributed by atoms with van der Waals surface area (Å²) in [5.41, 5.74) is 6.64. The molecule has 0 spiro atoms. The molecule has 0 aromatic heterocycles. The molecule has 1 aliphatic rings. The number of nitrogens with one attached hydrogen (secondary N) is 1. The molecule has 2 rings (SSSR count). The Morgan fingerprint density at radius 1 is 1.56 bits per heavy atom. The van der Waals surface area contributed by atoms with Gasteiger partial charge >= 0.3 is 0 Å². The quantitative estimate of drug-likeness (QED) is 0.795. The molecule has 1 saturated carbocycles. The van der Waals surface area contributed by atoms with E-state index in [0.717, 1.165) is 0 Å². The van der Waals surface area contributed by atoms with Crippen LogP contribution in [0, 0.1) is 5.92 Å². The highest BCUT2D eigenvalue weighted by atomic mass is 35.5. The summed E-state index contributed by atoms with van der Waals surface area (Å²) in [7, 11) is 0. The minimum atomic E-state index is -0.0821. The molecule has 0 bridgehead atoms. The first kappa shape index (κ1) is 11.3. The SMILES string of the molecule is CC(NC(=O)c1ccc(N)c(Cl)c1)C1CC1. The van der Waals surface area contributed by atoms with E-state index in [1.165, 1.54) is 12.8 Å². The van der Waals surface area contributed by atoms with Gasteiger partial charge in [-0.15, -0.1) is 0 Å². The van der Waals surface area contributed by atoms with Crippen LogP contribution >= 0.6 is 11.6 Å². The zero-order valence-corrected chi connectivity index (χ0v) is 9.92. The van der Waals surface area contributed by atoms with Gasteiger partial charge in [-0.3, -0.25) is 4.79 Å². The third kappa shape index (κ3) is 2.47. The summed E-state index contributed by atoms with van der Waals surface area (Å²) < 4.78 is 0. The lowest BCUT2D eigenvalue weighted by molar-refractivity contribution is 0.0936. The van der Waals surface area contributed by atoms with Crippen molar-refractivity contribution in [2.75, 3.05) is 5.73 Å². The van der Waals surface area contributed by atoms with Crippen LogP contribution in [-0.4, -0.2) is 11.9 Å². The Morgan fingerprint density at radius 3 is 2.81 bits per heavy atom. The van der Waals surface area contributed by atoms with E-state index >= 15 is 0 Å². The molecule has 1 aromatic carbocycles. The van der Waals surface area contributed by atoms with Crippen molar-refractivity contribution in [2.24, 2.45) is 5.92 Å². The molecule has 4 heteroatoms. The summed E-state index contributed by atoms with van der Waals surface area (Å²) in [5.74, 6) is 0.564. The van der Waals surface area contributed by atoms with Gasteiger partial charge in [0.25, 0.3) is 5.91 Å². The second-order valence-corrected chi connectivity index (χ2v) is 4.74. The van der Waals surface area contributed by atoms with Crippen molar-refractivity contribution in [2.45, 2.75) is 25.8 Å². The van der Waals surface area contributed by atoms with Crippen LogP contribution in [0.5, 0.6) is 0 Å². The van der Waals surface area contributed by atoms with E-state index in [4.69, 9.17) is 17.3 Å². The largest absolute Gasteiger partial charge is 0.398 e. The van der Waals surface area contributed by atoms with Crippen LogP contribution < -0.4 is 11.1 Å². The van der Waals surface area contributed by atoms with E-state index in [-0.39, 0.29) is 11.9 Å². The van der Waals surface area contributed by atoms with Gasteiger partial charge in [0.05, 0.1) is 10.7 Å². The standard InChI is InChI=1S/C12H15ClN2O/c1-7(8-2-3-8)15-12(16)9-4-5-11(14)10(13)6-9/h4-8H,2-3,14H2,1H3,(H,15,16). The minimum absolute atomic E-state index is 0.0821. The van der Waals surface area contributed by atoms with Crippen LogP contribution in [0.2, 0.25) is 5.02 Å². The lowest BCUT2D eigenvalue weighted by Crippen LogP contribution is -2.33. The maximum absolute atomic E-state index is 11.8. The highest BCUT2D eigenvalue weighted by Crippen LogP contribution is 2.32. The van der Waals surface area contributed by atoms with Gasteiger partial charge in [0.2, 0.25) is 0 Å². The van der Waals surface area contributed by atoms with Crippen molar-refractivity contribution >= 4 is 23.2 Å². The highest BCUT2D eigenvalue weighted by molar-refractivity contribution is 6.33. The van der Waals surface area contributed by atoms with Crippen LogP contribution in [0.3, 0.4) is 0 Å². The number of rotatable bonds is 3. The molecular formula is C12H15ClN2O. The number of halogens is 1. The molecule has 1 fully saturated rings. The fourth-order valence-corrected chi connectivity index (χ4v) is 1.85. The van der Waals surface area contributed by atoms with Gasteiger partial charge in [0.1, 0.15) is 0 Å². The number of carbonyl (C=O) groups is 1. The van der Waals surface area contributed by atoms with Crippen LogP contribution in [0.25, 0.3) is 0 Å². The number of anilines is 1. The Balaban J connectivity index is 2.05. The molecule has 0 aliphatic heterocycles. The molecule has 3 N–H and O–H groups in total. The Kier molecular flexibility index (Phi) is 3.06. The third-order valence-electron chi connectivity index (χ3n) is 2.95. The van der Waals surface area contributed by atoms with E-state index in [9.17, 15) is 4.79 Å². The monoisotopic (exact) mass is 238 g/mol. The molecule has 1 aliphatic carbocycles. The van der Waals surface area contributed by atoms with Gasteiger partial charge in [-0.2, -0.15) is 0 Å². The molecular weight excluding hydrogens is 224 g/mol. The predicted molar refractivity (Wildman–Crippen MR) is 65.5 cm³/mol. The molecule has 1 aromatic rings. The zero-order valence-electron chi connectivity index (χ0n) is 9.16. The Morgan fingerprint density at radius 2 is 2.25 bits per heavy atom. The first-order valence-electron chi connectivity index (χ1n) is 5.44. The summed E-state index contributed by atoms with van der Waals surface area (Å²) in [6.45, 7) is 2.04. The van der Waals surface area contributed by atoms with E-state index < -0.39 is 0 Å². The van der Waals surface area contributed by atoms with Crippen molar-refractivity contribution in [3.05, 3.63) is 28.8 Å². The van der Waals surface area contributed by atoms with Crippen molar-refractivity contribution < 1.29 is 4.79 Å². The fraction of sp³-hybridized carbons (Fsp3) is 0.417. The number of carbonyl (C=O) groups excluding carboxylic acids is 1. The summed E-state index contributed by atoms with van der Waals surface area (Å²) in [4.78, 5) is 11.8. The lowest BCUT2D eigenvalue weighted by atomic mass is 10.1. The molecule has 3 nitrogen and oxygen atoms in total. The van der Waals surface area contributed by atoms with Crippen LogP contribution in [-0.2, 0) is 0 Å². The molecule has 0 saturated heterocycles. The molecule has 0 heterocycles. The van der Waals surface area contributed by atoms with E-state index in [1.807, 2.05) is 6.92 Å². The average molecular weight is 239 g/mol. The Bertz CT molecular complexity index is 415. The maximum atomic E-state index is 11.8. The normalized spacial score (nSPS) is 16.9. The van der Waals surface area contributed by atoms with Gasteiger partial charge in [0, 0.05) is 11.6 Å². The molecule has 86 valence electrons. The topological polar surface area (TPSA) is 55.1 Å². The summed E-state index contributed by atoms with van der Waals surface area (Å²) in [5, 5.41) is 3.39. The number of hydrogen-bond acceptors (Lipinski definition) is 2. The smallest absolute Gasteiger partial charge is 0.251 e. The number of hydrogen-bond donors (Lipinski definition) is 2. The van der Waals surface area contributed by atoms with Crippen molar-refractivity contribution in [3.63, 3.8) is 0 Å².